The van der Waals surface area contributed by atoms with Crippen molar-refractivity contribution in [3.05, 3.63) is 59.7 Å². The number of benzene rings is 2. The molecule has 0 saturated carbocycles. The van der Waals surface area contributed by atoms with E-state index in [1.54, 1.807) is 21.3 Å². The average Bonchev–Trinajstić information content (AvgIpc) is 2.62. The van der Waals surface area contributed by atoms with Crippen LogP contribution in [-0.4, -0.2) is 39.2 Å². The van der Waals surface area contributed by atoms with E-state index in [2.05, 4.69) is 27.3 Å². The largest absolute Gasteiger partial charge is 0.493 e. The van der Waals surface area contributed by atoms with Crippen molar-refractivity contribution in [1.82, 2.24) is 10.2 Å². The average molecular weight is 327 g/mol. The van der Waals surface area contributed by atoms with Crippen molar-refractivity contribution in [2.45, 2.75) is 13.1 Å². The Kier molecular flexibility index (Phi) is 6.49. The SMILES string of the molecule is CN=C(NCc1ccc(OC)c(OC)c1)N(C)Cc1ccccc1. The van der Waals surface area contributed by atoms with Crippen molar-refractivity contribution in [3.8, 4) is 11.5 Å². The highest BCUT2D eigenvalue weighted by molar-refractivity contribution is 5.79. The van der Waals surface area contributed by atoms with Crippen LogP contribution in [0.2, 0.25) is 0 Å². The van der Waals surface area contributed by atoms with E-state index in [9.17, 15) is 0 Å². The Labute approximate surface area is 143 Å². The van der Waals surface area contributed by atoms with Crippen LogP contribution < -0.4 is 14.8 Å². The van der Waals surface area contributed by atoms with Crippen LogP contribution in [0.15, 0.2) is 53.5 Å². The molecular weight excluding hydrogens is 302 g/mol. The number of methoxy groups -OCH3 is 2. The van der Waals surface area contributed by atoms with E-state index >= 15 is 0 Å². The molecule has 0 saturated heterocycles. The van der Waals surface area contributed by atoms with Crippen LogP contribution in [0.1, 0.15) is 11.1 Å². The zero-order valence-corrected chi connectivity index (χ0v) is 14.7. The molecule has 0 heterocycles. The van der Waals surface area contributed by atoms with E-state index in [1.807, 2.05) is 43.4 Å². The summed E-state index contributed by atoms with van der Waals surface area (Å²) in [5.74, 6) is 2.30. The summed E-state index contributed by atoms with van der Waals surface area (Å²) >= 11 is 0. The molecule has 0 aromatic heterocycles. The Morgan fingerprint density at radius 1 is 1.00 bits per heavy atom. The summed E-state index contributed by atoms with van der Waals surface area (Å²) in [6, 6.07) is 16.2. The van der Waals surface area contributed by atoms with Gasteiger partial charge in [-0.05, 0) is 23.3 Å². The summed E-state index contributed by atoms with van der Waals surface area (Å²) in [5, 5.41) is 3.37. The van der Waals surface area contributed by atoms with Gasteiger partial charge >= 0.3 is 0 Å². The first-order chi connectivity index (χ1) is 11.7. The Morgan fingerprint density at radius 3 is 2.33 bits per heavy atom. The lowest BCUT2D eigenvalue weighted by Gasteiger charge is -2.22. The summed E-state index contributed by atoms with van der Waals surface area (Å²) in [6.07, 6.45) is 0. The summed E-state index contributed by atoms with van der Waals surface area (Å²) in [4.78, 5) is 6.44. The molecule has 0 bridgehead atoms. The first kappa shape index (κ1) is 17.7. The quantitative estimate of drug-likeness (QED) is 0.654. The molecule has 2 rings (SSSR count). The smallest absolute Gasteiger partial charge is 0.193 e. The molecule has 128 valence electrons. The molecule has 2 aromatic rings. The molecule has 0 aliphatic rings. The highest BCUT2D eigenvalue weighted by Crippen LogP contribution is 2.27. The fourth-order valence-corrected chi connectivity index (χ4v) is 2.49. The molecule has 2 aromatic carbocycles. The second-order valence-electron chi connectivity index (χ2n) is 5.43. The molecule has 0 atom stereocenters. The van der Waals surface area contributed by atoms with E-state index in [1.165, 1.54) is 5.56 Å². The van der Waals surface area contributed by atoms with Gasteiger partial charge in [0.2, 0.25) is 0 Å². The van der Waals surface area contributed by atoms with Gasteiger partial charge in [-0.25, -0.2) is 0 Å². The van der Waals surface area contributed by atoms with Gasteiger partial charge in [-0.2, -0.15) is 0 Å². The number of nitrogens with zero attached hydrogens (tertiary/aromatic N) is 2. The topological polar surface area (TPSA) is 46.1 Å². The standard InChI is InChI=1S/C19H25N3O2/c1-20-19(22(2)14-15-8-6-5-7-9-15)21-13-16-10-11-17(23-3)18(12-16)24-4/h5-12H,13-14H2,1-4H3,(H,20,21). The third-order valence-electron chi connectivity index (χ3n) is 3.73. The predicted octanol–water partition coefficient (Wildman–Crippen LogP) is 2.91. The first-order valence-electron chi connectivity index (χ1n) is 7.84. The predicted molar refractivity (Wildman–Crippen MR) is 97.7 cm³/mol. The van der Waals surface area contributed by atoms with Crippen molar-refractivity contribution in [2.24, 2.45) is 4.99 Å². The van der Waals surface area contributed by atoms with E-state index in [0.29, 0.717) is 6.54 Å². The molecule has 0 spiro atoms. The monoisotopic (exact) mass is 327 g/mol. The van der Waals surface area contributed by atoms with E-state index in [0.717, 1.165) is 29.6 Å². The number of aliphatic imine (C=N–C) groups is 1. The minimum absolute atomic E-state index is 0.659. The normalized spacial score (nSPS) is 11.1. The van der Waals surface area contributed by atoms with Crippen LogP contribution in [0.3, 0.4) is 0 Å². The highest BCUT2D eigenvalue weighted by Gasteiger charge is 2.08. The number of hydrogen-bond acceptors (Lipinski definition) is 3. The van der Waals surface area contributed by atoms with E-state index in [-0.39, 0.29) is 0 Å². The van der Waals surface area contributed by atoms with Gasteiger partial charge in [-0.1, -0.05) is 36.4 Å². The summed E-state index contributed by atoms with van der Waals surface area (Å²) in [7, 11) is 7.09. The van der Waals surface area contributed by atoms with Crippen LogP contribution >= 0.6 is 0 Å². The lowest BCUT2D eigenvalue weighted by molar-refractivity contribution is 0.354. The molecular formula is C19H25N3O2. The molecule has 0 radical (unpaired) electrons. The Hall–Kier alpha value is -2.69. The van der Waals surface area contributed by atoms with Crippen molar-refractivity contribution in [1.29, 1.82) is 0 Å². The Balaban J connectivity index is 1.98. The number of ether oxygens (including phenoxy) is 2. The van der Waals surface area contributed by atoms with Gasteiger partial charge in [0, 0.05) is 27.2 Å². The number of guanidine groups is 1. The van der Waals surface area contributed by atoms with Gasteiger partial charge < -0.3 is 19.7 Å². The second kappa shape index (κ2) is 8.82. The number of nitrogens with one attached hydrogen (secondary N) is 1. The number of hydrogen-bond donors (Lipinski definition) is 1. The van der Waals surface area contributed by atoms with Crippen molar-refractivity contribution in [3.63, 3.8) is 0 Å². The van der Waals surface area contributed by atoms with Crippen molar-refractivity contribution >= 4 is 5.96 Å². The molecule has 5 heteroatoms. The van der Waals surface area contributed by atoms with E-state index < -0.39 is 0 Å². The minimum Gasteiger partial charge on any atom is -0.493 e. The highest BCUT2D eigenvalue weighted by atomic mass is 16.5. The maximum Gasteiger partial charge on any atom is 0.193 e. The Bertz CT molecular complexity index is 672. The van der Waals surface area contributed by atoms with Gasteiger partial charge in [0.05, 0.1) is 14.2 Å². The zero-order valence-electron chi connectivity index (χ0n) is 14.7. The third-order valence-corrected chi connectivity index (χ3v) is 3.73. The van der Waals surface area contributed by atoms with Gasteiger partial charge in [0.25, 0.3) is 0 Å². The molecule has 0 aliphatic carbocycles. The van der Waals surface area contributed by atoms with Gasteiger partial charge in [0.1, 0.15) is 0 Å². The molecule has 5 nitrogen and oxygen atoms in total. The van der Waals surface area contributed by atoms with E-state index in [4.69, 9.17) is 9.47 Å². The molecule has 0 aliphatic heterocycles. The van der Waals surface area contributed by atoms with Crippen LogP contribution in [-0.2, 0) is 13.1 Å². The Morgan fingerprint density at radius 2 is 1.71 bits per heavy atom. The van der Waals surface area contributed by atoms with Crippen molar-refractivity contribution < 1.29 is 9.47 Å². The van der Waals surface area contributed by atoms with Crippen LogP contribution in [0.4, 0.5) is 0 Å². The molecule has 0 fully saturated rings. The van der Waals surface area contributed by atoms with Gasteiger partial charge in [0.15, 0.2) is 17.5 Å². The zero-order chi connectivity index (χ0) is 17.4. The van der Waals surface area contributed by atoms with Gasteiger partial charge in [-0.3, -0.25) is 4.99 Å². The van der Waals surface area contributed by atoms with Crippen LogP contribution in [0.25, 0.3) is 0 Å². The summed E-state index contributed by atoms with van der Waals surface area (Å²) in [6.45, 7) is 1.46. The second-order valence-corrected chi connectivity index (χ2v) is 5.43. The number of rotatable bonds is 6. The molecule has 0 amide bonds. The van der Waals surface area contributed by atoms with Crippen LogP contribution in [0.5, 0.6) is 11.5 Å². The lowest BCUT2D eigenvalue weighted by Crippen LogP contribution is -2.38. The fourth-order valence-electron chi connectivity index (χ4n) is 2.49. The molecule has 24 heavy (non-hydrogen) atoms. The maximum atomic E-state index is 5.34. The van der Waals surface area contributed by atoms with Gasteiger partial charge in [-0.15, -0.1) is 0 Å². The minimum atomic E-state index is 0.659. The third kappa shape index (κ3) is 4.65. The first-order valence-corrected chi connectivity index (χ1v) is 7.84. The maximum absolute atomic E-state index is 5.34. The lowest BCUT2D eigenvalue weighted by atomic mass is 10.2. The van der Waals surface area contributed by atoms with Crippen molar-refractivity contribution in [2.75, 3.05) is 28.3 Å². The fraction of sp³-hybridized carbons (Fsp3) is 0.316. The molecule has 0 unspecified atom stereocenters. The van der Waals surface area contributed by atoms with Crippen LogP contribution in [0, 0.1) is 0 Å². The summed E-state index contributed by atoms with van der Waals surface area (Å²) in [5.41, 5.74) is 2.34. The molecule has 1 N–H and O–H groups in total. The summed E-state index contributed by atoms with van der Waals surface area (Å²) < 4.78 is 10.6.